The van der Waals surface area contributed by atoms with Crippen molar-refractivity contribution in [3.05, 3.63) is 50.8 Å². The van der Waals surface area contributed by atoms with Crippen molar-refractivity contribution in [3.63, 3.8) is 0 Å². The van der Waals surface area contributed by atoms with Crippen molar-refractivity contribution in [1.29, 1.82) is 0 Å². The number of aryl methyl sites for hydroxylation is 1. The van der Waals surface area contributed by atoms with Gasteiger partial charge in [0.2, 0.25) is 0 Å². The molecule has 6 heteroatoms. The molecule has 0 spiro atoms. The SMILES string of the molecule is Cc1cc(Cl)c(-n2c(=S)[nH]c3cccnc32)cc1Cl. The number of imidazole rings is 1. The molecule has 19 heavy (non-hydrogen) atoms. The van der Waals surface area contributed by atoms with Crippen molar-refractivity contribution in [3.8, 4) is 5.69 Å². The maximum absolute atomic E-state index is 6.30. The molecule has 0 saturated heterocycles. The number of aromatic amines is 1. The molecule has 0 aliphatic carbocycles. The average Bonchev–Trinajstić information content (AvgIpc) is 2.70. The first-order valence-electron chi connectivity index (χ1n) is 5.59. The van der Waals surface area contributed by atoms with Gasteiger partial charge < -0.3 is 4.98 Å². The first kappa shape index (κ1) is 12.7. The van der Waals surface area contributed by atoms with Crippen LogP contribution in [0, 0.1) is 11.7 Å². The molecule has 3 aromatic rings. The van der Waals surface area contributed by atoms with E-state index in [4.69, 9.17) is 35.4 Å². The Kier molecular flexibility index (Phi) is 3.09. The van der Waals surface area contributed by atoms with E-state index in [0.717, 1.165) is 22.4 Å². The number of aromatic nitrogens is 3. The van der Waals surface area contributed by atoms with Crippen LogP contribution in [-0.2, 0) is 0 Å². The molecule has 1 aromatic carbocycles. The molecule has 96 valence electrons. The Hall–Kier alpha value is -1.36. The molecule has 3 rings (SSSR count). The number of benzene rings is 1. The van der Waals surface area contributed by atoms with Gasteiger partial charge in [-0.25, -0.2) is 4.98 Å². The Labute approximate surface area is 124 Å². The fraction of sp³-hybridized carbons (Fsp3) is 0.0769. The summed E-state index contributed by atoms with van der Waals surface area (Å²) in [5.41, 5.74) is 3.25. The monoisotopic (exact) mass is 309 g/mol. The van der Waals surface area contributed by atoms with E-state index in [1.807, 2.05) is 25.1 Å². The highest BCUT2D eigenvalue weighted by Gasteiger charge is 2.12. The Morgan fingerprint density at radius 3 is 2.84 bits per heavy atom. The van der Waals surface area contributed by atoms with Crippen molar-refractivity contribution < 1.29 is 0 Å². The Balaban J connectivity index is 2.40. The van der Waals surface area contributed by atoms with Gasteiger partial charge in [-0.1, -0.05) is 23.2 Å². The maximum atomic E-state index is 6.30. The summed E-state index contributed by atoms with van der Waals surface area (Å²) >= 11 is 17.8. The topological polar surface area (TPSA) is 33.6 Å². The molecule has 2 aromatic heterocycles. The summed E-state index contributed by atoms with van der Waals surface area (Å²) in [6.45, 7) is 1.91. The summed E-state index contributed by atoms with van der Waals surface area (Å²) in [4.78, 5) is 7.44. The predicted octanol–water partition coefficient (Wildman–Crippen LogP) is 4.70. The molecule has 0 unspecified atom stereocenters. The van der Waals surface area contributed by atoms with Crippen molar-refractivity contribution in [1.82, 2.24) is 14.5 Å². The van der Waals surface area contributed by atoms with Crippen LogP contribution >= 0.6 is 35.4 Å². The zero-order valence-electron chi connectivity index (χ0n) is 9.95. The van der Waals surface area contributed by atoms with Gasteiger partial charge in [-0.05, 0) is 49.0 Å². The first-order valence-corrected chi connectivity index (χ1v) is 6.76. The molecule has 3 nitrogen and oxygen atoms in total. The summed E-state index contributed by atoms with van der Waals surface area (Å²) in [7, 11) is 0. The number of pyridine rings is 1. The largest absolute Gasteiger partial charge is 0.329 e. The van der Waals surface area contributed by atoms with E-state index in [-0.39, 0.29) is 0 Å². The fourth-order valence-electron chi connectivity index (χ4n) is 1.97. The minimum absolute atomic E-state index is 0.538. The molecule has 0 bridgehead atoms. The van der Waals surface area contributed by atoms with Gasteiger partial charge in [0.25, 0.3) is 0 Å². The quantitative estimate of drug-likeness (QED) is 0.661. The summed E-state index contributed by atoms with van der Waals surface area (Å²) in [5.74, 6) is 0. The van der Waals surface area contributed by atoms with E-state index in [9.17, 15) is 0 Å². The minimum Gasteiger partial charge on any atom is -0.329 e. The third kappa shape index (κ3) is 2.06. The average molecular weight is 310 g/mol. The molecule has 0 aliphatic heterocycles. The molecule has 0 aliphatic rings. The first-order chi connectivity index (χ1) is 9.08. The second kappa shape index (κ2) is 4.63. The van der Waals surface area contributed by atoms with E-state index in [0.29, 0.717) is 14.8 Å². The second-order valence-corrected chi connectivity index (χ2v) is 5.39. The van der Waals surface area contributed by atoms with Crippen molar-refractivity contribution in [2.45, 2.75) is 6.92 Å². The Morgan fingerprint density at radius 1 is 1.26 bits per heavy atom. The van der Waals surface area contributed by atoms with Gasteiger partial charge in [0, 0.05) is 11.2 Å². The number of fused-ring (bicyclic) bond motifs is 1. The number of H-pyrrole nitrogens is 1. The van der Waals surface area contributed by atoms with Gasteiger partial charge in [-0.2, -0.15) is 0 Å². The normalized spacial score (nSPS) is 11.1. The zero-order chi connectivity index (χ0) is 13.6. The van der Waals surface area contributed by atoms with Crippen LogP contribution in [0.5, 0.6) is 0 Å². The maximum Gasteiger partial charge on any atom is 0.184 e. The molecule has 0 amide bonds. The number of rotatable bonds is 1. The molecule has 0 saturated carbocycles. The Morgan fingerprint density at radius 2 is 2.05 bits per heavy atom. The van der Waals surface area contributed by atoms with Crippen LogP contribution in [0.2, 0.25) is 10.0 Å². The summed E-state index contributed by atoms with van der Waals surface area (Å²) in [6, 6.07) is 7.39. The van der Waals surface area contributed by atoms with Gasteiger partial charge in [0.15, 0.2) is 10.4 Å². The number of hydrogen-bond acceptors (Lipinski definition) is 2. The van der Waals surface area contributed by atoms with Crippen LogP contribution in [0.1, 0.15) is 5.56 Å². The van der Waals surface area contributed by atoms with Gasteiger partial charge in [-0.15, -0.1) is 0 Å². The van der Waals surface area contributed by atoms with Crippen LogP contribution in [0.3, 0.4) is 0 Å². The van der Waals surface area contributed by atoms with Crippen LogP contribution in [0.15, 0.2) is 30.5 Å². The third-order valence-corrected chi connectivity index (χ3v) is 3.91. The molecule has 2 heterocycles. The zero-order valence-corrected chi connectivity index (χ0v) is 12.3. The fourth-order valence-corrected chi connectivity index (χ4v) is 2.73. The van der Waals surface area contributed by atoms with E-state index < -0.39 is 0 Å². The highest BCUT2D eigenvalue weighted by atomic mass is 35.5. The molecule has 0 fully saturated rings. The molecular weight excluding hydrogens is 301 g/mol. The predicted molar refractivity (Wildman–Crippen MR) is 81.0 cm³/mol. The van der Waals surface area contributed by atoms with Gasteiger partial charge >= 0.3 is 0 Å². The smallest absolute Gasteiger partial charge is 0.184 e. The second-order valence-electron chi connectivity index (χ2n) is 4.19. The van der Waals surface area contributed by atoms with Crippen molar-refractivity contribution >= 4 is 46.6 Å². The lowest BCUT2D eigenvalue weighted by atomic mass is 10.2. The van der Waals surface area contributed by atoms with Gasteiger partial charge in [-0.3, -0.25) is 4.57 Å². The van der Waals surface area contributed by atoms with Gasteiger partial charge in [0.1, 0.15) is 0 Å². The standard InChI is InChI=1S/C13H9Cl2N3S/c1-7-5-9(15)11(6-8(7)14)18-12-10(17-13(18)19)3-2-4-16-12/h2-6H,1H3,(H,17,19). The van der Waals surface area contributed by atoms with Gasteiger partial charge in [0.05, 0.1) is 16.2 Å². The van der Waals surface area contributed by atoms with Crippen molar-refractivity contribution in [2.75, 3.05) is 0 Å². The van der Waals surface area contributed by atoms with E-state index in [1.165, 1.54) is 0 Å². The molecule has 0 atom stereocenters. The summed E-state index contributed by atoms with van der Waals surface area (Å²) in [6.07, 6.45) is 1.71. The number of nitrogens with one attached hydrogen (secondary N) is 1. The number of nitrogens with zero attached hydrogens (tertiary/aromatic N) is 2. The van der Waals surface area contributed by atoms with E-state index >= 15 is 0 Å². The van der Waals surface area contributed by atoms with Crippen LogP contribution in [0.25, 0.3) is 16.9 Å². The van der Waals surface area contributed by atoms with Crippen LogP contribution in [0.4, 0.5) is 0 Å². The lowest BCUT2D eigenvalue weighted by Crippen LogP contribution is -1.97. The lowest BCUT2D eigenvalue weighted by Gasteiger charge is -2.08. The minimum atomic E-state index is 0.538. The summed E-state index contributed by atoms with van der Waals surface area (Å²) in [5, 5.41) is 1.23. The lowest BCUT2D eigenvalue weighted by molar-refractivity contribution is 1.04. The number of halogens is 2. The highest BCUT2D eigenvalue weighted by molar-refractivity contribution is 7.71. The van der Waals surface area contributed by atoms with E-state index in [2.05, 4.69) is 9.97 Å². The van der Waals surface area contributed by atoms with Crippen molar-refractivity contribution in [2.24, 2.45) is 0 Å². The molecule has 0 radical (unpaired) electrons. The Bertz CT molecular complexity index is 836. The van der Waals surface area contributed by atoms with E-state index in [1.54, 1.807) is 16.8 Å². The van der Waals surface area contributed by atoms with Crippen LogP contribution < -0.4 is 0 Å². The third-order valence-electron chi connectivity index (χ3n) is 2.91. The highest BCUT2D eigenvalue weighted by Crippen LogP contribution is 2.29. The number of hydrogen-bond donors (Lipinski definition) is 1. The van der Waals surface area contributed by atoms with Crippen LogP contribution in [-0.4, -0.2) is 14.5 Å². The molecule has 1 N–H and O–H groups in total. The molecular formula is C13H9Cl2N3S. The summed E-state index contributed by atoms with van der Waals surface area (Å²) < 4.78 is 2.33.